The van der Waals surface area contributed by atoms with Crippen LogP contribution in [0.25, 0.3) is 33.5 Å². The predicted octanol–water partition coefficient (Wildman–Crippen LogP) is 2.52. The van der Waals surface area contributed by atoms with E-state index in [2.05, 4.69) is 33.4 Å². The Hall–Kier alpha value is -3.24. The normalized spacial score (nSPS) is 17.6. The molecule has 0 saturated carbocycles. The van der Waals surface area contributed by atoms with E-state index in [1.54, 1.807) is 18.5 Å². The van der Waals surface area contributed by atoms with Crippen molar-refractivity contribution >= 4 is 37.9 Å². The Kier molecular flexibility index (Phi) is 4.33. The maximum absolute atomic E-state index is 12.6. The number of hydrogen-bond acceptors (Lipinski definition) is 7. The van der Waals surface area contributed by atoms with Crippen LogP contribution in [-0.2, 0) is 14.8 Å². The lowest BCUT2D eigenvalue weighted by molar-refractivity contribution is 0.0987. The lowest BCUT2D eigenvalue weighted by Crippen LogP contribution is -2.44. The quantitative estimate of drug-likeness (QED) is 0.536. The van der Waals surface area contributed by atoms with Gasteiger partial charge < -0.3 is 14.6 Å². The number of hydrogen-bond donors (Lipinski definition) is 1. The number of ether oxygens (including phenoxy) is 1. The zero-order valence-electron chi connectivity index (χ0n) is 16.3. The summed E-state index contributed by atoms with van der Waals surface area (Å²) in [7, 11) is -3.74. The predicted molar refractivity (Wildman–Crippen MR) is 115 cm³/mol. The average Bonchev–Trinajstić information content (AvgIpc) is 3.40. The van der Waals surface area contributed by atoms with Crippen LogP contribution in [0.2, 0.25) is 0 Å². The van der Waals surface area contributed by atoms with Gasteiger partial charge in [-0.1, -0.05) is 6.58 Å². The number of anilines is 1. The zero-order chi connectivity index (χ0) is 20.9. The van der Waals surface area contributed by atoms with Gasteiger partial charge in [0.25, 0.3) is 10.0 Å². The van der Waals surface area contributed by atoms with E-state index >= 15 is 0 Å². The lowest BCUT2D eigenvalue weighted by atomic mass is 10.1. The molecule has 0 radical (unpaired) electrons. The van der Waals surface area contributed by atoms with E-state index in [0.29, 0.717) is 48.1 Å². The number of nitrogens with zero attached hydrogens (tertiary/aromatic N) is 5. The highest BCUT2D eigenvalue weighted by Crippen LogP contribution is 2.33. The number of morpholine rings is 1. The number of H-pyrrole nitrogens is 1. The van der Waals surface area contributed by atoms with Gasteiger partial charge in [0, 0.05) is 41.5 Å². The average molecular weight is 424 g/mol. The van der Waals surface area contributed by atoms with Gasteiger partial charge in [-0.15, -0.1) is 0 Å². The molecule has 0 aromatic carbocycles. The zero-order valence-corrected chi connectivity index (χ0v) is 17.1. The number of nitrogens with one attached hydrogen (secondary N) is 1. The van der Waals surface area contributed by atoms with Crippen LogP contribution in [0.5, 0.6) is 0 Å². The third-order valence-electron chi connectivity index (χ3n) is 5.32. The van der Waals surface area contributed by atoms with Gasteiger partial charge in [-0.25, -0.2) is 27.3 Å². The summed E-state index contributed by atoms with van der Waals surface area (Å²) in [5, 5.41) is 2.45. The monoisotopic (exact) mass is 424 g/mol. The molecule has 5 heterocycles. The van der Waals surface area contributed by atoms with Crippen molar-refractivity contribution in [2.45, 2.75) is 13.0 Å². The summed E-state index contributed by atoms with van der Waals surface area (Å²) >= 11 is 0. The minimum atomic E-state index is -3.74. The summed E-state index contributed by atoms with van der Waals surface area (Å²) in [4.78, 5) is 19.1. The molecule has 5 rings (SSSR count). The highest BCUT2D eigenvalue weighted by atomic mass is 32.2. The Morgan fingerprint density at radius 1 is 1.27 bits per heavy atom. The fourth-order valence-electron chi connectivity index (χ4n) is 3.80. The number of aromatic amines is 1. The van der Waals surface area contributed by atoms with Crippen molar-refractivity contribution in [3.8, 4) is 11.4 Å². The largest absolute Gasteiger partial charge is 0.377 e. The molecule has 0 amide bonds. The molecule has 1 fully saturated rings. The van der Waals surface area contributed by atoms with Gasteiger partial charge in [-0.05, 0) is 25.1 Å². The van der Waals surface area contributed by atoms with Crippen LogP contribution in [-0.4, -0.2) is 58.1 Å². The van der Waals surface area contributed by atoms with Gasteiger partial charge >= 0.3 is 0 Å². The number of rotatable bonds is 4. The Morgan fingerprint density at radius 2 is 2.13 bits per heavy atom. The standard InChI is InChI=1S/C20H20N6O3S/c1-3-30(27,28)26-9-6-16-19(25-10-11-29-12-13(25)2)23-18(24-20(16)26)15-5-8-22-17-14(15)4-7-21-17/h3-9,13H,1,10-12H2,2H3,(H,21,22)/t13-/m1/s1. The molecule has 4 aromatic heterocycles. The summed E-state index contributed by atoms with van der Waals surface area (Å²) in [5.41, 5.74) is 1.80. The maximum atomic E-state index is 12.6. The van der Waals surface area contributed by atoms with Crippen LogP contribution in [0.15, 0.2) is 48.8 Å². The molecule has 0 unspecified atom stereocenters. The van der Waals surface area contributed by atoms with Crippen LogP contribution in [0.1, 0.15) is 6.92 Å². The first-order valence-corrected chi connectivity index (χ1v) is 11.0. The van der Waals surface area contributed by atoms with Crippen molar-refractivity contribution in [2.24, 2.45) is 0 Å². The Bertz CT molecular complexity index is 1370. The van der Waals surface area contributed by atoms with E-state index in [4.69, 9.17) is 9.72 Å². The highest BCUT2D eigenvalue weighted by molar-refractivity contribution is 7.92. The lowest BCUT2D eigenvalue weighted by Gasteiger charge is -2.34. The van der Waals surface area contributed by atoms with Crippen molar-refractivity contribution in [2.75, 3.05) is 24.7 Å². The van der Waals surface area contributed by atoms with Crippen molar-refractivity contribution in [1.29, 1.82) is 0 Å². The first kappa shape index (κ1) is 18.8. The Morgan fingerprint density at radius 3 is 2.93 bits per heavy atom. The maximum Gasteiger partial charge on any atom is 0.261 e. The smallest absolute Gasteiger partial charge is 0.261 e. The number of pyridine rings is 1. The van der Waals surface area contributed by atoms with Gasteiger partial charge in [-0.3, -0.25) is 0 Å². The second-order valence-corrected chi connectivity index (χ2v) is 8.90. The molecule has 154 valence electrons. The van der Waals surface area contributed by atoms with Gasteiger partial charge in [0.2, 0.25) is 0 Å². The molecule has 30 heavy (non-hydrogen) atoms. The first-order valence-electron chi connectivity index (χ1n) is 9.53. The summed E-state index contributed by atoms with van der Waals surface area (Å²) in [6.07, 6.45) is 4.97. The molecule has 10 heteroatoms. The number of fused-ring (bicyclic) bond motifs is 2. The van der Waals surface area contributed by atoms with Crippen LogP contribution in [0.4, 0.5) is 5.82 Å². The first-order chi connectivity index (χ1) is 14.5. The molecule has 0 bridgehead atoms. The van der Waals surface area contributed by atoms with Crippen molar-refractivity contribution in [3.63, 3.8) is 0 Å². The third-order valence-corrected chi connectivity index (χ3v) is 6.58. The third kappa shape index (κ3) is 2.87. The molecule has 1 N–H and O–H groups in total. The van der Waals surface area contributed by atoms with Crippen LogP contribution >= 0.6 is 0 Å². The summed E-state index contributed by atoms with van der Waals surface area (Å²) in [6, 6.07) is 5.56. The van der Waals surface area contributed by atoms with Gasteiger partial charge in [0.05, 0.1) is 24.6 Å². The fraction of sp³-hybridized carbons (Fsp3) is 0.250. The molecule has 4 aromatic rings. The van der Waals surface area contributed by atoms with E-state index in [9.17, 15) is 8.42 Å². The molecule has 9 nitrogen and oxygen atoms in total. The molecule has 0 spiro atoms. The minimum absolute atomic E-state index is 0.0915. The van der Waals surface area contributed by atoms with Crippen LogP contribution in [0.3, 0.4) is 0 Å². The highest BCUT2D eigenvalue weighted by Gasteiger charge is 2.26. The van der Waals surface area contributed by atoms with Crippen molar-refractivity contribution in [3.05, 3.63) is 48.8 Å². The molecular formula is C20H20N6O3S. The topological polar surface area (TPSA) is 106 Å². The SMILES string of the molecule is C=CS(=O)(=O)n1ccc2c(N3CCOC[C@H]3C)nc(-c3ccnc4[nH]ccc34)nc21. The molecule has 1 atom stereocenters. The van der Waals surface area contributed by atoms with Gasteiger partial charge in [0.1, 0.15) is 11.5 Å². The van der Waals surface area contributed by atoms with E-state index < -0.39 is 10.0 Å². The molecule has 1 aliphatic rings. The summed E-state index contributed by atoms with van der Waals surface area (Å²) < 4.78 is 31.9. The second-order valence-electron chi connectivity index (χ2n) is 7.15. The molecular weight excluding hydrogens is 404 g/mol. The Labute approximate surface area is 173 Å². The van der Waals surface area contributed by atoms with Crippen LogP contribution < -0.4 is 4.90 Å². The van der Waals surface area contributed by atoms with Gasteiger partial charge in [-0.2, -0.15) is 0 Å². The minimum Gasteiger partial charge on any atom is -0.377 e. The van der Waals surface area contributed by atoms with E-state index in [1.807, 2.05) is 12.1 Å². The molecule has 1 aliphatic heterocycles. The summed E-state index contributed by atoms with van der Waals surface area (Å²) in [5.74, 6) is 1.12. The molecule has 1 saturated heterocycles. The number of aromatic nitrogens is 5. The summed E-state index contributed by atoms with van der Waals surface area (Å²) in [6.45, 7) is 7.30. The second kappa shape index (κ2) is 6.92. The fourth-order valence-corrected chi connectivity index (χ4v) is 4.57. The van der Waals surface area contributed by atoms with Crippen molar-refractivity contribution in [1.82, 2.24) is 23.9 Å². The molecule has 0 aliphatic carbocycles. The van der Waals surface area contributed by atoms with E-state index in [1.165, 1.54) is 6.20 Å². The van der Waals surface area contributed by atoms with E-state index in [-0.39, 0.29) is 6.04 Å². The Balaban J connectivity index is 1.82. The van der Waals surface area contributed by atoms with E-state index in [0.717, 1.165) is 20.3 Å². The van der Waals surface area contributed by atoms with Crippen LogP contribution in [0, 0.1) is 0 Å². The van der Waals surface area contributed by atoms with Crippen molar-refractivity contribution < 1.29 is 13.2 Å². The van der Waals surface area contributed by atoms with Gasteiger partial charge in [0.15, 0.2) is 11.5 Å².